The zero-order valence-corrected chi connectivity index (χ0v) is 18.7. The molecule has 0 unspecified atom stereocenters. The molecule has 0 bridgehead atoms. The molecular weight excluding hydrogens is 414 g/mol. The predicted molar refractivity (Wildman–Crippen MR) is 118 cm³/mol. The molecule has 0 amide bonds. The summed E-state index contributed by atoms with van der Waals surface area (Å²) in [5.74, 6) is 0.820. The standard InChI is InChI=1S/C24H29NO7/c1-4-5-10-31-21-8-6-17(13-20(21)25(27)28)12-19-18(15-32-24(19)26)11-16-7-9-22(29-2)23(14-16)30-3/h6-9,13-14,18-19H,4-5,10-12,15H2,1-3H3/t18-,19+/m0/s1. The van der Waals surface area contributed by atoms with Crippen molar-refractivity contribution < 1.29 is 28.7 Å². The lowest BCUT2D eigenvalue weighted by molar-refractivity contribution is -0.385. The molecule has 32 heavy (non-hydrogen) atoms. The van der Waals surface area contributed by atoms with Crippen LogP contribution in [-0.2, 0) is 22.4 Å². The van der Waals surface area contributed by atoms with E-state index < -0.39 is 4.92 Å². The van der Waals surface area contributed by atoms with Crippen LogP contribution in [0.25, 0.3) is 0 Å². The summed E-state index contributed by atoms with van der Waals surface area (Å²) < 4.78 is 21.6. The first-order valence-electron chi connectivity index (χ1n) is 10.7. The van der Waals surface area contributed by atoms with Crippen molar-refractivity contribution in [3.8, 4) is 17.2 Å². The van der Waals surface area contributed by atoms with Gasteiger partial charge in [0.25, 0.3) is 0 Å². The van der Waals surface area contributed by atoms with Crippen molar-refractivity contribution >= 4 is 11.7 Å². The highest BCUT2D eigenvalue weighted by Crippen LogP contribution is 2.35. The fraction of sp³-hybridized carbons (Fsp3) is 0.458. The predicted octanol–water partition coefficient (Wildman–Crippen LogP) is 4.37. The lowest BCUT2D eigenvalue weighted by Crippen LogP contribution is -2.20. The second-order valence-electron chi connectivity index (χ2n) is 7.86. The summed E-state index contributed by atoms with van der Waals surface area (Å²) in [6.07, 6.45) is 2.76. The van der Waals surface area contributed by atoms with Gasteiger partial charge in [0.2, 0.25) is 0 Å². The smallest absolute Gasteiger partial charge is 0.311 e. The van der Waals surface area contributed by atoms with Crippen LogP contribution >= 0.6 is 0 Å². The molecule has 1 fully saturated rings. The molecule has 1 aliphatic heterocycles. The number of rotatable bonds is 11. The van der Waals surface area contributed by atoms with Gasteiger partial charge in [0.05, 0.1) is 38.3 Å². The van der Waals surface area contributed by atoms with Crippen LogP contribution < -0.4 is 14.2 Å². The maximum absolute atomic E-state index is 12.4. The Kier molecular flexibility index (Phi) is 7.92. The third kappa shape index (κ3) is 5.49. The summed E-state index contributed by atoms with van der Waals surface area (Å²) in [6, 6.07) is 10.6. The highest BCUT2D eigenvalue weighted by atomic mass is 16.6. The minimum absolute atomic E-state index is 0.0415. The molecule has 0 spiro atoms. The van der Waals surface area contributed by atoms with Crippen LogP contribution in [0.4, 0.5) is 5.69 Å². The third-order valence-corrected chi connectivity index (χ3v) is 5.69. The second-order valence-corrected chi connectivity index (χ2v) is 7.86. The second kappa shape index (κ2) is 10.8. The molecule has 1 heterocycles. The Morgan fingerprint density at radius 3 is 2.38 bits per heavy atom. The Morgan fingerprint density at radius 1 is 1.03 bits per heavy atom. The molecule has 2 atom stereocenters. The number of hydrogen-bond donors (Lipinski definition) is 0. The van der Waals surface area contributed by atoms with Gasteiger partial charge < -0.3 is 18.9 Å². The van der Waals surface area contributed by atoms with Crippen molar-refractivity contribution in [1.82, 2.24) is 0 Å². The van der Waals surface area contributed by atoms with Crippen molar-refractivity contribution in [3.63, 3.8) is 0 Å². The summed E-state index contributed by atoms with van der Waals surface area (Å²) >= 11 is 0. The molecule has 2 aromatic carbocycles. The Hall–Kier alpha value is -3.29. The Balaban J connectivity index is 1.75. The SMILES string of the molecule is CCCCOc1ccc(C[C@H]2C(=O)OC[C@@H]2Cc2ccc(OC)c(OC)c2)cc1[N+](=O)[O-]. The Labute approximate surface area is 187 Å². The summed E-state index contributed by atoms with van der Waals surface area (Å²) in [5.41, 5.74) is 1.63. The molecule has 3 rings (SSSR count). The molecule has 0 aromatic heterocycles. The van der Waals surface area contributed by atoms with Crippen molar-refractivity contribution in [2.75, 3.05) is 27.4 Å². The lowest BCUT2D eigenvalue weighted by Gasteiger charge is -2.17. The number of cyclic esters (lactones) is 1. The molecule has 0 N–H and O–H groups in total. The van der Waals surface area contributed by atoms with Crippen LogP contribution in [0.15, 0.2) is 36.4 Å². The van der Waals surface area contributed by atoms with Crippen LogP contribution in [0, 0.1) is 22.0 Å². The third-order valence-electron chi connectivity index (χ3n) is 5.69. The van der Waals surface area contributed by atoms with Crippen LogP contribution in [0.3, 0.4) is 0 Å². The number of carbonyl (C=O) groups excluding carboxylic acids is 1. The average Bonchev–Trinajstić information content (AvgIpc) is 3.13. The van der Waals surface area contributed by atoms with E-state index >= 15 is 0 Å². The zero-order chi connectivity index (χ0) is 23.1. The molecular formula is C24H29NO7. The van der Waals surface area contributed by atoms with Crippen molar-refractivity contribution in [2.24, 2.45) is 11.8 Å². The van der Waals surface area contributed by atoms with Crippen LogP contribution in [-0.4, -0.2) is 38.3 Å². The van der Waals surface area contributed by atoms with E-state index in [2.05, 4.69) is 0 Å². The molecule has 1 aliphatic rings. The molecule has 0 radical (unpaired) electrons. The monoisotopic (exact) mass is 443 g/mol. The number of hydrogen-bond acceptors (Lipinski definition) is 7. The zero-order valence-electron chi connectivity index (χ0n) is 18.7. The topological polar surface area (TPSA) is 97.1 Å². The van der Waals surface area contributed by atoms with Crippen molar-refractivity contribution in [3.05, 3.63) is 57.6 Å². The number of methoxy groups -OCH3 is 2. The van der Waals surface area contributed by atoms with E-state index in [0.29, 0.717) is 43.1 Å². The number of carbonyl (C=O) groups is 1. The quantitative estimate of drug-likeness (QED) is 0.220. The van der Waals surface area contributed by atoms with Gasteiger partial charge in [-0.1, -0.05) is 25.5 Å². The van der Waals surface area contributed by atoms with Crippen LogP contribution in [0.5, 0.6) is 17.2 Å². The van der Waals surface area contributed by atoms with Crippen LogP contribution in [0.2, 0.25) is 0 Å². The number of benzene rings is 2. The van der Waals surface area contributed by atoms with Gasteiger partial charge in [-0.3, -0.25) is 14.9 Å². The minimum Gasteiger partial charge on any atom is -0.493 e. The van der Waals surface area contributed by atoms with E-state index in [-0.39, 0.29) is 29.2 Å². The maximum Gasteiger partial charge on any atom is 0.311 e. The largest absolute Gasteiger partial charge is 0.493 e. The first kappa shape index (κ1) is 23.4. The summed E-state index contributed by atoms with van der Waals surface area (Å²) in [7, 11) is 3.16. The number of esters is 1. The molecule has 0 saturated carbocycles. The number of nitro groups is 1. The van der Waals surface area contributed by atoms with Gasteiger partial charge in [0, 0.05) is 12.0 Å². The lowest BCUT2D eigenvalue weighted by atomic mass is 9.85. The minimum atomic E-state index is -0.446. The number of nitro benzene ring substituents is 1. The van der Waals surface area contributed by atoms with E-state index in [9.17, 15) is 14.9 Å². The van der Waals surface area contributed by atoms with Gasteiger partial charge in [-0.25, -0.2) is 0 Å². The maximum atomic E-state index is 12.4. The normalized spacial score (nSPS) is 17.7. The molecule has 1 saturated heterocycles. The highest BCUT2D eigenvalue weighted by Gasteiger charge is 2.37. The van der Waals surface area contributed by atoms with E-state index in [1.54, 1.807) is 26.4 Å². The van der Waals surface area contributed by atoms with Gasteiger partial charge in [-0.05, 0) is 48.6 Å². The van der Waals surface area contributed by atoms with Gasteiger partial charge in [-0.2, -0.15) is 0 Å². The van der Waals surface area contributed by atoms with Gasteiger partial charge in [0.1, 0.15) is 0 Å². The average molecular weight is 443 g/mol. The van der Waals surface area contributed by atoms with Crippen LogP contribution in [0.1, 0.15) is 30.9 Å². The number of nitrogens with zero attached hydrogens (tertiary/aromatic N) is 1. The molecule has 0 aliphatic carbocycles. The number of ether oxygens (including phenoxy) is 4. The summed E-state index contributed by atoms with van der Waals surface area (Å²) in [5, 5.41) is 11.5. The Bertz CT molecular complexity index is 959. The van der Waals surface area contributed by atoms with Crippen molar-refractivity contribution in [2.45, 2.75) is 32.6 Å². The number of unbranched alkanes of at least 4 members (excludes halogenated alkanes) is 1. The fourth-order valence-electron chi connectivity index (χ4n) is 3.90. The van der Waals surface area contributed by atoms with Gasteiger partial charge in [0.15, 0.2) is 17.2 Å². The van der Waals surface area contributed by atoms with E-state index in [4.69, 9.17) is 18.9 Å². The summed E-state index contributed by atoms with van der Waals surface area (Å²) in [6.45, 7) is 2.77. The first-order valence-corrected chi connectivity index (χ1v) is 10.7. The summed E-state index contributed by atoms with van der Waals surface area (Å²) in [4.78, 5) is 23.5. The molecule has 172 valence electrons. The van der Waals surface area contributed by atoms with Crippen molar-refractivity contribution in [1.29, 1.82) is 0 Å². The molecule has 2 aromatic rings. The highest BCUT2D eigenvalue weighted by molar-refractivity contribution is 5.75. The fourth-order valence-corrected chi connectivity index (χ4v) is 3.90. The van der Waals surface area contributed by atoms with E-state index in [1.165, 1.54) is 6.07 Å². The van der Waals surface area contributed by atoms with Gasteiger partial charge >= 0.3 is 11.7 Å². The molecule has 8 heteroatoms. The van der Waals surface area contributed by atoms with Gasteiger partial charge in [-0.15, -0.1) is 0 Å². The first-order chi connectivity index (χ1) is 15.5. The Morgan fingerprint density at radius 2 is 1.72 bits per heavy atom. The van der Waals surface area contributed by atoms with E-state index in [1.807, 2.05) is 25.1 Å². The van der Waals surface area contributed by atoms with E-state index in [0.717, 1.165) is 18.4 Å². The molecule has 8 nitrogen and oxygen atoms in total.